The van der Waals surface area contributed by atoms with E-state index in [1.807, 2.05) is 22.8 Å². The van der Waals surface area contributed by atoms with Crippen LogP contribution in [0.15, 0.2) is 37.1 Å². The zero-order chi connectivity index (χ0) is 16.4. The van der Waals surface area contributed by atoms with E-state index in [4.69, 9.17) is 4.74 Å². The van der Waals surface area contributed by atoms with E-state index < -0.39 is 0 Å². The lowest BCUT2D eigenvalue weighted by Gasteiger charge is -2.33. The van der Waals surface area contributed by atoms with Gasteiger partial charge in [0.25, 0.3) is 0 Å². The maximum atomic E-state index is 5.14. The molecule has 24 heavy (non-hydrogen) atoms. The molecule has 8 nitrogen and oxygen atoms in total. The normalized spacial score (nSPS) is 15.6. The average molecular weight is 325 g/mol. The van der Waals surface area contributed by atoms with Gasteiger partial charge in [-0.25, -0.2) is 19.5 Å². The minimum absolute atomic E-state index is 0.380. The number of methoxy groups -OCH3 is 1. The van der Waals surface area contributed by atoms with Gasteiger partial charge in [-0.2, -0.15) is 5.10 Å². The van der Waals surface area contributed by atoms with Gasteiger partial charge in [0.2, 0.25) is 5.88 Å². The van der Waals surface area contributed by atoms with Gasteiger partial charge in [0.15, 0.2) is 5.82 Å². The third-order valence-corrected chi connectivity index (χ3v) is 4.30. The molecule has 0 aliphatic carbocycles. The van der Waals surface area contributed by atoms with Crippen molar-refractivity contribution in [2.24, 2.45) is 0 Å². The summed E-state index contributed by atoms with van der Waals surface area (Å²) in [5.41, 5.74) is 1.05. The summed E-state index contributed by atoms with van der Waals surface area (Å²) in [5.74, 6) is 2.37. The Morgan fingerprint density at radius 3 is 2.88 bits per heavy atom. The lowest BCUT2D eigenvalue weighted by molar-refractivity contribution is 0.397. The molecule has 3 aromatic heterocycles. The van der Waals surface area contributed by atoms with Crippen LogP contribution >= 0.6 is 0 Å². The van der Waals surface area contributed by atoms with Crippen LogP contribution in [-0.2, 0) is 0 Å². The predicted molar refractivity (Wildman–Crippen MR) is 90.4 cm³/mol. The van der Waals surface area contributed by atoms with E-state index in [2.05, 4.69) is 30.3 Å². The molecule has 0 amide bonds. The molecule has 0 radical (unpaired) electrons. The monoisotopic (exact) mass is 325 g/mol. The lowest BCUT2D eigenvalue weighted by atomic mass is 10.0. The Hall–Kier alpha value is -2.90. The maximum Gasteiger partial charge on any atom is 0.218 e. The van der Waals surface area contributed by atoms with Gasteiger partial charge in [0.1, 0.15) is 17.7 Å². The summed E-state index contributed by atoms with van der Waals surface area (Å²) in [4.78, 5) is 15.1. The lowest BCUT2D eigenvalue weighted by Crippen LogP contribution is -2.39. The summed E-state index contributed by atoms with van der Waals surface area (Å²) in [6, 6.07) is 4.20. The highest BCUT2D eigenvalue weighted by Crippen LogP contribution is 2.24. The van der Waals surface area contributed by atoms with Crippen molar-refractivity contribution in [3.05, 3.63) is 37.1 Å². The highest BCUT2D eigenvalue weighted by Gasteiger charge is 2.22. The van der Waals surface area contributed by atoms with Crippen LogP contribution in [0, 0.1) is 0 Å². The summed E-state index contributed by atoms with van der Waals surface area (Å²) in [6.07, 6.45) is 9.02. The van der Waals surface area contributed by atoms with Crippen molar-refractivity contribution in [2.75, 3.05) is 30.4 Å². The van der Waals surface area contributed by atoms with Crippen molar-refractivity contribution in [1.29, 1.82) is 0 Å². The molecular weight excluding hydrogens is 306 g/mol. The number of anilines is 2. The molecule has 0 aromatic carbocycles. The molecule has 1 aliphatic rings. The Morgan fingerprint density at radius 2 is 2.04 bits per heavy atom. The van der Waals surface area contributed by atoms with Crippen molar-refractivity contribution >= 4 is 17.2 Å². The average Bonchev–Trinajstić information content (AvgIpc) is 3.11. The first-order chi connectivity index (χ1) is 11.8. The Morgan fingerprint density at radius 1 is 1.17 bits per heavy atom. The van der Waals surface area contributed by atoms with Gasteiger partial charge in [-0.05, 0) is 18.9 Å². The Balaban J connectivity index is 1.42. The third kappa shape index (κ3) is 2.82. The summed E-state index contributed by atoms with van der Waals surface area (Å²) in [7, 11) is 1.61. The van der Waals surface area contributed by atoms with E-state index in [0.29, 0.717) is 11.9 Å². The number of nitrogens with one attached hydrogen (secondary N) is 1. The van der Waals surface area contributed by atoms with Gasteiger partial charge < -0.3 is 15.0 Å². The molecule has 0 bridgehead atoms. The van der Waals surface area contributed by atoms with Gasteiger partial charge in [0, 0.05) is 37.6 Å². The minimum atomic E-state index is 0.380. The number of ether oxygens (including phenoxy) is 1. The highest BCUT2D eigenvalue weighted by molar-refractivity contribution is 5.68. The number of nitrogens with zero attached hydrogens (tertiary/aromatic N) is 6. The van der Waals surface area contributed by atoms with Crippen LogP contribution in [0.25, 0.3) is 5.52 Å². The first kappa shape index (κ1) is 14.7. The van der Waals surface area contributed by atoms with E-state index in [1.54, 1.807) is 19.5 Å². The zero-order valence-electron chi connectivity index (χ0n) is 13.5. The van der Waals surface area contributed by atoms with Crippen LogP contribution in [0.2, 0.25) is 0 Å². The Kier molecular flexibility index (Phi) is 3.86. The van der Waals surface area contributed by atoms with E-state index in [0.717, 1.165) is 43.1 Å². The molecule has 4 rings (SSSR count). The number of fused-ring (bicyclic) bond motifs is 1. The molecular formula is C16H19N7O. The first-order valence-corrected chi connectivity index (χ1v) is 7.99. The molecule has 8 heteroatoms. The Bertz CT molecular complexity index is 826. The van der Waals surface area contributed by atoms with Gasteiger partial charge in [-0.15, -0.1) is 0 Å². The van der Waals surface area contributed by atoms with E-state index >= 15 is 0 Å². The molecule has 0 saturated carbocycles. The fourth-order valence-corrected chi connectivity index (χ4v) is 3.06. The van der Waals surface area contributed by atoms with Crippen molar-refractivity contribution in [1.82, 2.24) is 24.6 Å². The standard InChI is InChI=1S/C16H19N7O/c1-24-15-10-14(18-11-19-15)21-12-3-7-22(8-4-12)16-13-2-5-20-23(13)9-6-17-16/h2,5-6,9-12H,3-4,7-8H2,1H3,(H,18,19,21). The second-order valence-electron chi connectivity index (χ2n) is 5.76. The zero-order valence-corrected chi connectivity index (χ0v) is 13.5. The SMILES string of the molecule is COc1cc(NC2CCN(c3nccn4nccc34)CC2)ncn1. The van der Waals surface area contributed by atoms with Crippen molar-refractivity contribution in [3.8, 4) is 5.88 Å². The molecule has 4 heterocycles. The first-order valence-electron chi connectivity index (χ1n) is 7.99. The molecule has 1 saturated heterocycles. The second kappa shape index (κ2) is 6.31. The van der Waals surface area contributed by atoms with Crippen LogP contribution in [0.1, 0.15) is 12.8 Å². The molecule has 0 unspecified atom stereocenters. The fraction of sp³-hybridized carbons (Fsp3) is 0.375. The van der Waals surface area contributed by atoms with Crippen LogP contribution in [0.5, 0.6) is 5.88 Å². The predicted octanol–water partition coefficient (Wildman–Crippen LogP) is 1.61. The fourth-order valence-electron chi connectivity index (χ4n) is 3.06. The Labute approximate surface area is 139 Å². The summed E-state index contributed by atoms with van der Waals surface area (Å²) in [6.45, 7) is 1.88. The molecule has 124 valence electrons. The van der Waals surface area contributed by atoms with Gasteiger partial charge >= 0.3 is 0 Å². The van der Waals surface area contributed by atoms with E-state index in [-0.39, 0.29) is 0 Å². The quantitative estimate of drug-likeness (QED) is 0.780. The number of rotatable bonds is 4. The number of aromatic nitrogens is 5. The summed E-state index contributed by atoms with van der Waals surface area (Å²) in [5, 5.41) is 7.74. The van der Waals surface area contributed by atoms with Crippen LogP contribution in [0.3, 0.4) is 0 Å². The van der Waals surface area contributed by atoms with E-state index in [9.17, 15) is 0 Å². The number of piperidine rings is 1. The van der Waals surface area contributed by atoms with Crippen LogP contribution in [0.4, 0.5) is 11.6 Å². The van der Waals surface area contributed by atoms with Gasteiger partial charge in [0.05, 0.1) is 13.3 Å². The van der Waals surface area contributed by atoms with Crippen LogP contribution in [-0.4, -0.2) is 50.8 Å². The maximum absolute atomic E-state index is 5.14. The van der Waals surface area contributed by atoms with Crippen molar-refractivity contribution in [2.45, 2.75) is 18.9 Å². The second-order valence-corrected chi connectivity index (χ2v) is 5.76. The molecule has 3 aromatic rings. The summed E-state index contributed by atoms with van der Waals surface area (Å²) < 4.78 is 7.00. The molecule has 0 atom stereocenters. The largest absolute Gasteiger partial charge is 0.481 e. The molecule has 1 aliphatic heterocycles. The van der Waals surface area contributed by atoms with Crippen molar-refractivity contribution in [3.63, 3.8) is 0 Å². The van der Waals surface area contributed by atoms with Crippen molar-refractivity contribution < 1.29 is 4.74 Å². The van der Waals surface area contributed by atoms with E-state index in [1.165, 1.54) is 6.33 Å². The van der Waals surface area contributed by atoms with Gasteiger partial charge in [-0.3, -0.25) is 0 Å². The molecule has 1 fully saturated rings. The number of hydrogen-bond donors (Lipinski definition) is 1. The third-order valence-electron chi connectivity index (χ3n) is 4.30. The number of hydrogen-bond acceptors (Lipinski definition) is 7. The minimum Gasteiger partial charge on any atom is -0.481 e. The molecule has 0 spiro atoms. The highest BCUT2D eigenvalue weighted by atomic mass is 16.5. The smallest absolute Gasteiger partial charge is 0.218 e. The molecule has 1 N–H and O–H groups in total. The summed E-state index contributed by atoms with van der Waals surface area (Å²) >= 11 is 0. The van der Waals surface area contributed by atoms with Crippen LogP contribution < -0.4 is 15.0 Å². The van der Waals surface area contributed by atoms with Gasteiger partial charge in [-0.1, -0.05) is 0 Å². The topological polar surface area (TPSA) is 80.5 Å².